The molecule has 8 heteroatoms. The number of carbonyl (C=O) groups excluding carboxylic acids is 2. The molecule has 3 fully saturated rings. The van der Waals surface area contributed by atoms with Gasteiger partial charge >= 0.3 is 0 Å². The third-order valence-electron chi connectivity index (χ3n) is 6.76. The highest BCUT2D eigenvalue weighted by Crippen LogP contribution is 2.32. The van der Waals surface area contributed by atoms with Crippen LogP contribution in [-0.4, -0.2) is 78.6 Å². The molecule has 1 aromatic heterocycles. The van der Waals surface area contributed by atoms with Gasteiger partial charge in [0.25, 0.3) is 5.91 Å². The SMILES string of the molecule is Cc1ccc2nc(N3CCC(C(=O)N4CCN(C(=O)C5CCCO5)CC4)CC3)sc2c1. The number of aromatic nitrogens is 1. The van der Waals surface area contributed by atoms with Gasteiger partial charge in [0.1, 0.15) is 6.10 Å². The van der Waals surface area contributed by atoms with E-state index in [4.69, 9.17) is 9.72 Å². The number of piperidine rings is 1. The minimum Gasteiger partial charge on any atom is -0.368 e. The molecule has 3 aliphatic heterocycles. The highest BCUT2D eigenvalue weighted by molar-refractivity contribution is 7.22. The monoisotopic (exact) mass is 442 g/mol. The molecule has 0 N–H and O–H groups in total. The van der Waals surface area contributed by atoms with Gasteiger partial charge in [-0.25, -0.2) is 4.98 Å². The molecule has 0 radical (unpaired) electrons. The predicted octanol–water partition coefficient (Wildman–Crippen LogP) is 2.67. The summed E-state index contributed by atoms with van der Waals surface area (Å²) < 4.78 is 6.75. The van der Waals surface area contributed by atoms with Gasteiger partial charge in [-0.15, -0.1) is 0 Å². The highest BCUT2D eigenvalue weighted by atomic mass is 32.1. The Kier molecular flexibility index (Phi) is 5.84. The summed E-state index contributed by atoms with van der Waals surface area (Å²) in [4.78, 5) is 36.5. The first-order valence-electron chi connectivity index (χ1n) is 11.4. The molecule has 0 saturated carbocycles. The van der Waals surface area contributed by atoms with Gasteiger partial charge in [-0.3, -0.25) is 9.59 Å². The molecule has 3 aliphatic rings. The van der Waals surface area contributed by atoms with Crippen molar-refractivity contribution in [3.63, 3.8) is 0 Å². The van der Waals surface area contributed by atoms with Gasteiger partial charge in [-0.1, -0.05) is 17.4 Å². The van der Waals surface area contributed by atoms with E-state index in [0.29, 0.717) is 32.8 Å². The maximum atomic E-state index is 13.1. The minimum atomic E-state index is -0.266. The lowest BCUT2D eigenvalue weighted by Crippen LogP contribution is -2.54. The van der Waals surface area contributed by atoms with E-state index in [1.807, 2.05) is 9.80 Å². The fraction of sp³-hybridized carbons (Fsp3) is 0.609. The molecule has 31 heavy (non-hydrogen) atoms. The highest BCUT2D eigenvalue weighted by Gasteiger charge is 2.34. The van der Waals surface area contributed by atoms with Crippen LogP contribution >= 0.6 is 11.3 Å². The number of rotatable bonds is 3. The lowest BCUT2D eigenvalue weighted by Gasteiger charge is -2.39. The Bertz CT molecular complexity index is 955. The van der Waals surface area contributed by atoms with Gasteiger partial charge in [0.15, 0.2) is 5.13 Å². The number of piperazine rings is 1. The van der Waals surface area contributed by atoms with Crippen molar-refractivity contribution in [3.05, 3.63) is 23.8 Å². The third-order valence-corrected chi connectivity index (χ3v) is 7.83. The molecule has 1 unspecified atom stereocenters. The van der Waals surface area contributed by atoms with Crippen molar-refractivity contribution in [2.24, 2.45) is 5.92 Å². The van der Waals surface area contributed by atoms with Gasteiger partial charge in [-0.05, 0) is 50.3 Å². The fourth-order valence-corrected chi connectivity index (χ4v) is 5.97. The van der Waals surface area contributed by atoms with Crippen LogP contribution < -0.4 is 4.90 Å². The van der Waals surface area contributed by atoms with Gasteiger partial charge in [0, 0.05) is 51.8 Å². The first kappa shape index (κ1) is 20.7. The summed E-state index contributed by atoms with van der Waals surface area (Å²) >= 11 is 1.74. The first-order valence-corrected chi connectivity index (χ1v) is 12.2. The molecule has 3 saturated heterocycles. The van der Waals surface area contributed by atoms with Crippen molar-refractivity contribution in [2.45, 2.75) is 38.7 Å². The zero-order valence-corrected chi connectivity index (χ0v) is 18.9. The van der Waals surface area contributed by atoms with Crippen molar-refractivity contribution in [1.29, 1.82) is 0 Å². The number of hydrogen-bond acceptors (Lipinski definition) is 6. The number of carbonyl (C=O) groups is 2. The topological polar surface area (TPSA) is 66.0 Å². The van der Waals surface area contributed by atoms with Crippen LogP contribution in [0, 0.1) is 12.8 Å². The van der Waals surface area contributed by atoms with Crippen LogP contribution in [0.1, 0.15) is 31.2 Å². The average Bonchev–Trinajstić information content (AvgIpc) is 3.48. The van der Waals surface area contributed by atoms with Gasteiger partial charge in [0.2, 0.25) is 5.91 Å². The number of hydrogen-bond donors (Lipinski definition) is 0. The molecular formula is C23H30N4O3S. The van der Waals surface area contributed by atoms with Crippen molar-refractivity contribution in [2.75, 3.05) is 50.8 Å². The quantitative estimate of drug-likeness (QED) is 0.731. The second-order valence-corrected chi connectivity index (χ2v) is 9.89. The molecule has 0 spiro atoms. The maximum Gasteiger partial charge on any atom is 0.251 e. The van der Waals surface area contributed by atoms with Crippen LogP contribution in [0.25, 0.3) is 10.2 Å². The van der Waals surface area contributed by atoms with E-state index in [0.717, 1.165) is 49.4 Å². The lowest BCUT2D eigenvalue weighted by atomic mass is 9.95. The second-order valence-electron chi connectivity index (χ2n) is 8.88. The Morgan fingerprint density at radius 3 is 2.39 bits per heavy atom. The lowest BCUT2D eigenvalue weighted by molar-refractivity contribution is -0.147. The molecule has 1 atom stereocenters. The van der Waals surface area contributed by atoms with E-state index < -0.39 is 0 Å². The Balaban J connectivity index is 1.13. The number of amides is 2. The number of aryl methyl sites for hydroxylation is 1. The van der Waals surface area contributed by atoms with Gasteiger partial charge in [0.05, 0.1) is 10.2 Å². The zero-order valence-electron chi connectivity index (χ0n) is 18.1. The summed E-state index contributed by atoms with van der Waals surface area (Å²) in [6, 6.07) is 6.38. The van der Waals surface area contributed by atoms with Crippen molar-refractivity contribution < 1.29 is 14.3 Å². The van der Waals surface area contributed by atoms with Crippen LogP contribution in [-0.2, 0) is 14.3 Å². The smallest absolute Gasteiger partial charge is 0.251 e. The van der Waals surface area contributed by atoms with Crippen LogP contribution in [0.15, 0.2) is 18.2 Å². The normalized spacial score (nSPS) is 23.0. The fourth-order valence-electron chi connectivity index (χ4n) is 4.85. The summed E-state index contributed by atoms with van der Waals surface area (Å²) in [5.74, 6) is 0.431. The van der Waals surface area contributed by atoms with Gasteiger partial charge in [-0.2, -0.15) is 0 Å². The van der Waals surface area contributed by atoms with Crippen molar-refractivity contribution in [1.82, 2.24) is 14.8 Å². The molecule has 0 aliphatic carbocycles. The van der Waals surface area contributed by atoms with Crippen molar-refractivity contribution >= 4 is 38.5 Å². The summed E-state index contributed by atoms with van der Waals surface area (Å²) in [7, 11) is 0. The summed E-state index contributed by atoms with van der Waals surface area (Å²) in [5.41, 5.74) is 2.31. The first-order chi connectivity index (χ1) is 15.1. The van der Waals surface area contributed by atoms with Crippen LogP contribution in [0.3, 0.4) is 0 Å². The molecule has 0 bridgehead atoms. The Morgan fingerprint density at radius 1 is 1.00 bits per heavy atom. The average molecular weight is 443 g/mol. The molecule has 7 nitrogen and oxygen atoms in total. The Hall–Kier alpha value is -2.19. The summed E-state index contributed by atoms with van der Waals surface area (Å²) in [6.45, 7) is 7.03. The van der Waals surface area contributed by atoms with E-state index in [9.17, 15) is 9.59 Å². The standard InChI is InChI=1S/C23H30N4O3S/c1-16-4-5-18-20(15-16)31-23(24-18)27-8-6-17(7-9-27)21(28)25-10-12-26(13-11-25)22(29)19-3-2-14-30-19/h4-5,15,17,19H,2-3,6-14H2,1H3. The van der Waals surface area contributed by atoms with E-state index in [2.05, 4.69) is 30.0 Å². The number of thiazole rings is 1. The minimum absolute atomic E-state index is 0.0771. The molecule has 166 valence electrons. The summed E-state index contributed by atoms with van der Waals surface area (Å²) in [6.07, 6.45) is 3.25. The van der Waals surface area contributed by atoms with Crippen molar-refractivity contribution in [3.8, 4) is 0 Å². The molecule has 2 amide bonds. The molecule has 5 rings (SSSR count). The molecule has 1 aromatic carbocycles. The van der Waals surface area contributed by atoms with Crippen LogP contribution in [0.2, 0.25) is 0 Å². The van der Waals surface area contributed by atoms with Gasteiger partial charge < -0.3 is 19.4 Å². The molecule has 2 aromatic rings. The molecule has 4 heterocycles. The number of benzene rings is 1. The third kappa shape index (κ3) is 4.28. The number of ether oxygens (including phenoxy) is 1. The maximum absolute atomic E-state index is 13.1. The van der Waals surface area contributed by atoms with Crippen LogP contribution in [0.4, 0.5) is 5.13 Å². The van der Waals surface area contributed by atoms with Crippen LogP contribution in [0.5, 0.6) is 0 Å². The number of anilines is 1. The Morgan fingerprint density at radius 2 is 1.71 bits per heavy atom. The van der Waals surface area contributed by atoms with E-state index >= 15 is 0 Å². The summed E-state index contributed by atoms with van der Waals surface area (Å²) in [5, 5.41) is 1.06. The van der Waals surface area contributed by atoms with E-state index in [1.165, 1.54) is 10.3 Å². The largest absolute Gasteiger partial charge is 0.368 e. The second kappa shape index (κ2) is 8.74. The number of fused-ring (bicyclic) bond motifs is 1. The number of nitrogens with zero attached hydrogens (tertiary/aromatic N) is 4. The Labute approximate surface area is 187 Å². The predicted molar refractivity (Wildman–Crippen MR) is 121 cm³/mol. The van der Waals surface area contributed by atoms with E-state index in [1.54, 1.807) is 11.3 Å². The zero-order chi connectivity index (χ0) is 21.4. The molecular weight excluding hydrogens is 412 g/mol. The van der Waals surface area contributed by atoms with E-state index in [-0.39, 0.29) is 23.8 Å².